The first-order valence-corrected chi connectivity index (χ1v) is 10.4. The van der Waals surface area contributed by atoms with Crippen LogP contribution in [0.5, 0.6) is 0 Å². The summed E-state index contributed by atoms with van der Waals surface area (Å²) in [6, 6.07) is 11.2. The fraction of sp³-hybridized carbons (Fsp3) is 0.682. The molecule has 26 heavy (non-hydrogen) atoms. The molecule has 3 rings (SSSR count). The third-order valence-corrected chi connectivity index (χ3v) is 6.15. The molecule has 1 heterocycles. The van der Waals surface area contributed by atoms with Crippen LogP contribution in [0.3, 0.4) is 0 Å². The molecule has 0 bridgehead atoms. The lowest BCUT2D eigenvalue weighted by Crippen LogP contribution is -2.48. The minimum Gasteiger partial charge on any atom is -0.395 e. The molecule has 1 aliphatic heterocycles. The zero-order chi connectivity index (χ0) is 18.2. The monoisotopic (exact) mass is 358 g/mol. The van der Waals surface area contributed by atoms with Crippen molar-refractivity contribution >= 4 is 5.91 Å². The number of aliphatic hydroxyl groups is 1. The lowest BCUT2D eigenvalue weighted by Gasteiger charge is -2.37. The average molecular weight is 359 g/mol. The summed E-state index contributed by atoms with van der Waals surface area (Å²) in [5, 5.41) is 9.40. The summed E-state index contributed by atoms with van der Waals surface area (Å²) in [6.07, 6.45) is 9.50. The number of hydrogen-bond donors (Lipinski definition) is 1. The van der Waals surface area contributed by atoms with Crippen molar-refractivity contribution in [1.82, 2.24) is 9.80 Å². The van der Waals surface area contributed by atoms with Crippen LogP contribution in [0.1, 0.15) is 50.5 Å². The third-order valence-electron chi connectivity index (χ3n) is 6.15. The van der Waals surface area contributed by atoms with Crippen molar-refractivity contribution in [2.45, 2.75) is 57.4 Å². The minimum absolute atomic E-state index is 0.142. The zero-order valence-electron chi connectivity index (χ0n) is 16.0. The molecule has 2 fully saturated rings. The van der Waals surface area contributed by atoms with E-state index in [1.807, 2.05) is 0 Å². The Hall–Kier alpha value is -1.39. The van der Waals surface area contributed by atoms with Crippen LogP contribution in [0.25, 0.3) is 0 Å². The Labute approximate surface area is 158 Å². The lowest BCUT2D eigenvalue weighted by atomic mass is 9.90. The number of rotatable bonds is 7. The van der Waals surface area contributed by atoms with Gasteiger partial charge in [-0.2, -0.15) is 0 Å². The predicted molar refractivity (Wildman–Crippen MR) is 105 cm³/mol. The summed E-state index contributed by atoms with van der Waals surface area (Å²) in [5.74, 6) is 0.940. The van der Waals surface area contributed by atoms with Crippen molar-refractivity contribution < 1.29 is 9.90 Å². The minimum atomic E-state index is 0.142. The second-order valence-electron chi connectivity index (χ2n) is 8.00. The van der Waals surface area contributed by atoms with Gasteiger partial charge in [-0.25, -0.2) is 0 Å². The highest BCUT2D eigenvalue weighted by atomic mass is 16.3. The van der Waals surface area contributed by atoms with Crippen molar-refractivity contribution in [3.63, 3.8) is 0 Å². The van der Waals surface area contributed by atoms with Crippen molar-refractivity contribution in [2.75, 3.05) is 32.8 Å². The van der Waals surface area contributed by atoms with Gasteiger partial charge in [0.1, 0.15) is 0 Å². The van der Waals surface area contributed by atoms with Crippen LogP contribution in [0.15, 0.2) is 30.3 Å². The first-order chi connectivity index (χ1) is 12.8. The highest BCUT2D eigenvalue weighted by Gasteiger charge is 2.27. The summed E-state index contributed by atoms with van der Waals surface area (Å²) in [7, 11) is 0. The van der Waals surface area contributed by atoms with Crippen LogP contribution in [-0.4, -0.2) is 59.6 Å². The zero-order valence-corrected chi connectivity index (χ0v) is 16.0. The number of aliphatic hydroxyl groups excluding tert-OH is 1. The fourth-order valence-corrected chi connectivity index (χ4v) is 4.57. The van der Waals surface area contributed by atoms with Gasteiger partial charge < -0.3 is 10.0 Å². The highest BCUT2D eigenvalue weighted by molar-refractivity contribution is 5.78. The molecule has 1 aliphatic carbocycles. The maximum absolute atomic E-state index is 12.8. The summed E-state index contributed by atoms with van der Waals surface area (Å²) < 4.78 is 0. The van der Waals surface area contributed by atoms with E-state index in [1.165, 1.54) is 37.7 Å². The van der Waals surface area contributed by atoms with E-state index in [4.69, 9.17) is 0 Å². The van der Waals surface area contributed by atoms with Gasteiger partial charge in [-0.3, -0.25) is 9.69 Å². The molecule has 0 unspecified atom stereocenters. The van der Waals surface area contributed by atoms with Crippen LogP contribution in [0.4, 0.5) is 0 Å². The van der Waals surface area contributed by atoms with Gasteiger partial charge in [0, 0.05) is 25.7 Å². The SMILES string of the molecule is O=C(CN(CCO)C1CCCCC1)N1CCC(Cc2ccccc2)CC1. The molecule has 1 aromatic carbocycles. The molecular formula is C22H34N2O2. The van der Waals surface area contributed by atoms with E-state index in [-0.39, 0.29) is 12.5 Å². The van der Waals surface area contributed by atoms with Crippen molar-refractivity contribution in [3.05, 3.63) is 35.9 Å². The molecule has 0 spiro atoms. The first-order valence-electron chi connectivity index (χ1n) is 10.4. The molecule has 1 N–H and O–H groups in total. The fourth-order valence-electron chi connectivity index (χ4n) is 4.57. The van der Waals surface area contributed by atoms with Gasteiger partial charge in [0.2, 0.25) is 5.91 Å². The lowest BCUT2D eigenvalue weighted by molar-refractivity contribution is -0.134. The number of likely N-dealkylation sites (tertiary alicyclic amines) is 1. The maximum Gasteiger partial charge on any atom is 0.236 e. The van der Waals surface area contributed by atoms with E-state index in [1.54, 1.807) is 0 Å². The first kappa shape index (κ1) is 19.4. The number of amides is 1. The Kier molecular flexibility index (Phi) is 7.51. The number of piperidine rings is 1. The van der Waals surface area contributed by atoms with Crippen molar-refractivity contribution in [3.8, 4) is 0 Å². The normalized spacial score (nSPS) is 19.8. The topological polar surface area (TPSA) is 43.8 Å². The van der Waals surface area contributed by atoms with Gasteiger partial charge in [0.05, 0.1) is 13.2 Å². The number of nitrogens with zero attached hydrogens (tertiary/aromatic N) is 2. The van der Waals surface area contributed by atoms with Gasteiger partial charge in [-0.15, -0.1) is 0 Å². The van der Waals surface area contributed by atoms with E-state index in [9.17, 15) is 9.90 Å². The molecular weight excluding hydrogens is 324 g/mol. The molecule has 1 saturated heterocycles. The smallest absolute Gasteiger partial charge is 0.236 e. The average Bonchev–Trinajstić information content (AvgIpc) is 2.69. The van der Waals surface area contributed by atoms with Gasteiger partial charge in [0.25, 0.3) is 0 Å². The largest absolute Gasteiger partial charge is 0.395 e. The molecule has 1 aromatic rings. The molecule has 0 atom stereocenters. The van der Waals surface area contributed by atoms with Crippen molar-refractivity contribution in [1.29, 1.82) is 0 Å². The molecule has 1 saturated carbocycles. The molecule has 2 aliphatic rings. The predicted octanol–water partition coefficient (Wildman–Crippen LogP) is 3.09. The Balaban J connectivity index is 1.46. The molecule has 144 valence electrons. The summed E-state index contributed by atoms with van der Waals surface area (Å²) >= 11 is 0. The number of hydrogen-bond acceptors (Lipinski definition) is 3. The van der Waals surface area contributed by atoms with Crippen LogP contribution < -0.4 is 0 Å². The Bertz CT molecular complexity index is 534. The van der Waals surface area contributed by atoms with E-state index < -0.39 is 0 Å². The molecule has 0 radical (unpaired) electrons. The number of benzene rings is 1. The standard InChI is InChI=1S/C22H34N2O2/c25-16-15-24(21-9-5-2-6-10-21)18-22(26)23-13-11-20(12-14-23)17-19-7-3-1-4-8-19/h1,3-4,7-8,20-21,25H,2,5-6,9-18H2. The van der Waals surface area contributed by atoms with E-state index in [0.29, 0.717) is 25.0 Å². The van der Waals surface area contributed by atoms with E-state index in [2.05, 4.69) is 40.1 Å². The number of carbonyl (C=O) groups excluding carboxylic acids is 1. The maximum atomic E-state index is 12.8. The van der Waals surface area contributed by atoms with Crippen molar-refractivity contribution in [2.24, 2.45) is 5.92 Å². The second kappa shape index (κ2) is 10.1. The van der Waals surface area contributed by atoms with Crippen LogP contribution in [-0.2, 0) is 11.2 Å². The van der Waals surface area contributed by atoms with Gasteiger partial charge in [0.15, 0.2) is 0 Å². The Morgan fingerprint density at radius 3 is 2.38 bits per heavy atom. The van der Waals surface area contributed by atoms with E-state index >= 15 is 0 Å². The Morgan fingerprint density at radius 2 is 1.73 bits per heavy atom. The molecule has 4 heteroatoms. The van der Waals surface area contributed by atoms with Gasteiger partial charge in [-0.1, -0.05) is 49.6 Å². The Morgan fingerprint density at radius 1 is 1.04 bits per heavy atom. The summed E-state index contributed by atoms with van der Waals surface area (Å²) in [6.45, 7) is 3.01. The summed E-state index contributed by atoms with van der Waals surface area (Å²) in [4.78, 5) is 17.1. The highest BCUT2D eigenvalue weighted by Crippen LogP contribution is 2.24. The van der Waals surface area contributed by atoms with Crippen LogP contribution in [0.2, 0.25) is 0 Å². The van der Waals surface area contributed by atoms with Gasteiger partial charge in [-0.05, 0) is 43.6 Å². The molecule has 1 amide bonds. The summed E-state index contributed by atoms with van der Waals surface area (Å²) in [5.41, 5.74) is 1.41. The molecule has 4 nitrogen and oxygen atoms in total. The van der Waals surface area contributed by atoms with Crippen LogP contribution in [0, 0.1) is 5.92 Å². The van der Waals surface area contributed by atoms with Gasteiger partial charge >= 0.3 is 0 Å². The number of carbonyl (C=O) groups is 1. The third kappa shape index (κ3) is 5.55. The molecule has 0 aromatic heterocycles. The van der Waals surface area contributed by atoms with Crippen LogP contribution >= 0.6 is 0 Å². The quantitative estimate of drug-likeness (QED) is 0.814. The van der Waals surface area contributed by atoms with E-state index in [0.717, 1.165) is 32.4 Å². The second-order valence-corrected chi connectivity index (χ2v) is 8.00.